The number of pyridine rings is 3. The van der Waals surface area contributed by atoms with Crippen LogP contribution in [0.4, 0.5) is 5.82 Å². The summed E-state index contributed by atoms with van der Waals surface area (Å²) in [6.07, 6.45) is 4.20. The number of hydrogen-bond donors (Lipinski definition) is 2. The average Bonchev–Trinajstić information content (AvgIpc) is 3.31. The van der Waals surface area contributed by atoms with Crippen LogP contribution >= 0.6 is 0 Å². The largest absolute Gasteiger partial charge is 0.491 e. The Morgan fingerprint density at radius 3 is 3.06 bits per heavy atom. The molecular weight excluding hydrogens is 460 g/mol. The highest BCUT2D eigenvalue weighted by Crippen LogP contribution is 2.39. The molecule has 36 heavy (non-hydrogen) atoms. The van der Waals surface area contributed by atoms with Crippen LogP contribution in [0.3, 0.4) is 0 Å². The lowest BCUT2D eigenvalue weighted by Gasteiger charge is -2.34. The molecule has 3 aliphatic heterocycles. The number of aromatic nitrogens is 3. The van der Waals surface area contributed by atoms with Crippen LogP contribution in [0.25, 0.3) is 11.0 Å². The van der Waals surface area contributed by atoms with Crippen LogP contribution in [-0.4, -0.2) is 72.3 Å². The van der Waals surface area contributed by atoms with E-state index in [4.69, 9.17) is 19.2 Å². The molecule has 2 atom stereocenters. The van der Waals surface area contributed by atoms with Crippen molar-refractivity contribution < 1.29 is 19.0 Å². The van der Waals surface area contributed by atoms with Crippen LogP contribution in [0.2, 0.25) is 0 Å². The maximum absolute atomic E-state index is 11.6. The lowest BCUT2D eigenvalue weighted by molar-refractivity contribution is -0.118. The van der Waals surface area contributed by atoms with Crippen molar-refractivity contribution in [1.82, 2.24) is 25.2 Å². The number of likely N-dealkylation sites (tertiary alicyclic amines) is 1. The molecule has 0 aliphatic carbocycles. The normalized spacial score (nSPS) is 21.3. The number of nitrogens with one attached hydrogen (secondary N) is 2. The van der Waals surface area contributed by atoms with Gasteiger partial charge in [0.1, 0.15) is 11.3 Å². The van der Waals surface area contributed by atoms with Crippen LogP contribution in [0.1, 0.15) is 30.0 Å². The maximum atomic E-state index is 11.6. The molecule has 0 aromatic carbocycles. The third-order valence-electron chi connectivity index (χ3n) is 7.10. The lowest BCUT2D eigenvalue weighted by Crippen LogP contribution is -2.41. The maximum Gasteiger partial charge on any atom is 0.263 e. The van der Waals surface area contributed by atoms with Crippen molar-refractivity contribution in [2.24, 2.45) is 5.92 Å². The quantitative estimate of drug-likeness (QED) is 0.516. The fraction of sp³-hybridized carbons (Fsp3) is 0.462. The molecule has 10 nitrogen and oxygen atoms in total. The molecule has 188 valence electrons. The molecule has 3 aromatic heterocycles. The van der Waals surface area contributed by atoms with E-state index >= 15 is 0 Å². The van der Waals surface area contributed by atoms with Gasteiger partial charge in [-0.05, 0) is 50.0 Å². The molecule has 10 heteroatoms. The number of nitrogens with zero attached hydrogens (tertiary/aromatic N) is 4. The van der Waals surface area contributed by atoms with Gasteiger partial charge in [0.25, 0.3) is 5.91 Å². The summed E-state index contributed by atoms with van der Waals surface area (Å²) < 4.78 is 16.7. The average molecular weight is 491 g/mol. The SMILES string of the molecule is COc1ccc2ncc3c(c2n1)C(CN1CCC[C@@H](CNCc2ccc4c(n2)NC(=O)CO4)C1)CO3. The highest BCUT2D eigenvalue weighted by molar-refractivity contribution is 5.94. The zero-order chi connectivity index (χ0) is 24.5. The van der Waals surface area contributed by atoms with Crippen molar-refractivity contribution in [3.05, 3.63) is 41.7 Å². The molecular formula is C26H30N6O4. The van der Waals surface area contributed by atoms with Gasteiger partial charge >= 0.3 is 0 Å². The minimum Gasteiger partial charge on any atom is -0.491 e. The fourth-order valence-electron chi connectivity index (χ4n) is 5.39. The van der Waals surface area contributed by atoms with Crippen molar-refractivity contribution in [3.63, 3.8) is 0 Å². The van der Waals surface area contributed by atoms with Crippen LogP contribution in [0.5, 0.6) is 17.4 Å². The summed E-state index contributed by atoms with van der Waals surface area (Å²) in [7, 11) is 1.63. The Labute approximate surface area is 209 Å². The van der Waals surface area contributed by atoms with Crippen molar-refractivity contribution in [1.29, 1.82) is 0 Å². The number of fused-ring (bicyclic) bond motifs is 4. The van der Waals surface area contributed by atoms with Crippen LogP contribution < -0.4 is 24.8 Å². The fourth-order valence-corrected chi connectivity index (χ4v) is 5.39. The van der Waals surface area contributed by atoms with Gasteiger partial charge in [-0.2, -0.15) is 0 Å². The summed E-state index contributed by atoms with van der Waals surface area (Å²) in [5.41, 5.74) is 3.78. The summed E-state index contributed by atoms with van der Waals surface area (Å²) >= 11 is 0. The number of carbonyl (C=O) groups excluding carboxylic acids is 1. The third kappa shape index (κ3) is 4.66. The topological polar surface area (TPSA) is 111 Å². The number of ether oxygens (including phenoxy) is 3. The monoisotopic (exact) mass is 490 g/mol. The molecule has 1 unspecified atom stereocenters. The van der Waals surface area contributed by atoms with Crippen molar-refractivity contribution in [2.45, 2.75) is 25.3 Å². The minimum absolute atomic E-state index is 0.0425. The number of piperidine rings is 1. The van der Waals surface area contributed by atoms with Crippen LogP contribution in [0.15, 0.2) is 30.5 Å². The summed E-state index contributed by atoms with van der Waals surface area (Å²) in [5.74, 6) is 3.21. The second kappa shape index (κ2) is 9.87. The van der Waals surface area contributed by atoms with E-state index in [9.17, 15) is 4.79 Å². The van der Waals surface area contributed by atoms with E-state index in [-0.39, 0.29) is 18.4 Å². The smallest absolute Gasteiger partial charge is 0.263 e. The number of carbonyl (C=O) groups is 1. The van der Waals surface area contributed by atoms with Gasteiger partial charge in [0.05, 0.1) is 31.1 Å². The first-order valence-corrected chi connectivity index (χ1v) is 12.5. The summed E-state index contributed by atoms with van der Waals surface area (Å²) in [4.78, 5) is 27.8. The van der Waals surface area contributed by atoms with Gasteiger partial charge in [0.15, 0.2) is 18.2 Å². The molecule has 2 N–H and O–H groups in total. The number of amides is 1. The highest BCUT2D eigenvalue weighted by Gasteiger charge is 2.31. The zero-order valence-corrected chi connectivity index (χ0v) is 20.3. The molecule has 3 aromatic rings. The van der Waals surface area contributed by atoms with Crippen molar-refractivity contribution in [2.75, 3.05) is 51.8 Å². The molecule has 0 bridgehead atoms. The van der Waals surface area contributed by atoms with E-state index in [0.29, 0.717) is 36.5 Å². The Morgan fingerprint density at radius 1 is 1.19 bits per heavy atom. The van der Waals surface area contributed by atoms with E-state index in [2.05, 4.69) is 25.5 Å². The molecule has 1 amide bonds. The van der Waals surface area contributed by atoms with E-state index in [1.165, 1.54) is 12.8 Å². The molecule has 1 fully saturated rings. The molecule has 6 rings (SSSR count). The number of methoxy groups -OCH3 is 1. The molecule has 0 spiro atoms. The van der Waals surface area contributed by atoms with Gasteiger partial charge in [0.2, 0.25) is 5.88 Å². The summed E-state index contributed by atoms with van der Waals surface area (Å²) in [5, 5.41) is 6.33. The first-order chi connectivity index (χ1) is 17.7. The number of anilines is 1. The predicted octanol–water partition coefficient (Wildman–Crippen LogP) is 2.34. The third-order valence-corrected chi connectivity index (χ3v) is 7.10. The van der Waals surface area contributed by atoms with Crippen LogP contribution in [0, 0.1) is 5.92 Å². The summed E-state index contributed by atoms with van der Waals surface area (Å²) in [6.45, 7) is 5.33. The standard InChI is InChI=1S/C26H30N6O4/c1-34-23-7-5-19-25(31-23)24-17(14-35-21(24)11-28-19)13-32-8-2-3-16(12-32)9-27-10-18-4-6-20-26(29-18)30-22(33)15-36-20/h4-7,11,16-17,27H,2-3,8-10,12-15H2,1H3,(H,29,30,33)/t16-,17?/m0/s1. The van der Waals surface area contributed by atoms with Gasteiger partial charge in [-0.25, -0.2) is 9.97 Å². The molecule has 3 aliphatic rings. The van der Waals surface area contributed by atoms with E-state index in [0.717, 1.165) is 54.2 Å². The Bertz CT molecular complexity index is 1280. The Morgan fingerprint density at radius 2 is 2.14 bits per heavy atom. The first kappa shape index (κ1) is 22.9. The Balaban J connectivity index is 1.06. The second-order valence-electron chi connectivity index (χ2n) is 9.65. The summed E-state index contributed by atoms with van der Waals surface area (Å²) in [6, 6.07) is 7.61. The first-order valence-electron chi connectivity index (χ1n) is 12.5. The molecule has 6 heterocycles. The van der Waals surface area contributed by atoms with Gasteiger partial charge in [0, 0.05) is 37.2 Å². The van der Waals surface area contributed by atoms with Crippen molar-refractivity contribution in [3.8, 4) is 17.4 Å². The number of hydrogen-bond acceptors (Lipinski definition) is 9. The number of rotatable bonds is 7. The van der Waals surface area contributed by atoms with E-state index in [1.807, 2.05) is 30.5 Å². The Kier molecular flexibility index (Phi) is 6.28. The minimum atomic E-state index is -0.170. The second-order valence-corrected chi connectivity index (χ2v) is 9.65. The lowest BCUT2D eigenvalue weighted by atomic mass is 9.94. The van der Waals surface area contributed by atoms with Crippen molar-refractivity contribution >= 4 is 22.8 Å². The molecule has 0 radical (unpaired) electrons. The predicted molar refractivity (Wildman–Crippen MR) is 134 cm³/mol. The van der Waals surface area contributed by atoms with Crippen LogP contribution in [-0.2, 0) is 11.3 Å². The zero-order valence-electron chi connectivity index (χ0n) is 20.3. The van der Waals surface area contributed by atoms with Gasteiger partial charge in [-0.15, -0.1) is 0 Å². The molecule has 1 saturated heterocycles. The molecule has 0 saturated carbocycles. The van der Waals surface area contributed by atoms with Gasteiger partial charge < -0.3 is 29.7 Å². The van der Waals surface area contributed by atoms with Gasteiger partial charge in [-0.3, -0.25) is 9.78 Å². The van der Waals surface area contributed by atoms with E-state index in [1.54, 1.807) is 7.11 Å². The Hall–Kier alpha value is -3.50. The van der Waals surface area contributed by atoms with E-state index < -0.39 is 0 Å². The van der Waals surface area contributed by atoms with Gasteiger partial charge in [-0.1, -0.05) is 0 Å². The highest BCUT2D eigenvalue weighted by atomic mass is 16.5.